The van der Waals surface area contributed by atoms with Gasteiger partial charge in [0.05, 0.1) is 6.42 Å². The van der Waals surface area contributed by atoms with Crippen LogP contribution in [0, 0.1) is 0 Å². The summed E-state index contributed by atoms with van der Waals surface area (Å²) in [6.07, 6.45) is 0.113. The maximum atomic E-state index is 10.7. The monoisotopic (exact) mass is 207 g/mol. The van der Waals surface area contributed by atoms with Gasteiger partial charge in [-0.15, -0.1) is 0 Å². The van der Waals surface area contributed by atoms with Crippen molar-refractivity contribution in [1.82, 2.24) is 5.32 Å². The van der Waals surface area contributed by atoms with Crippen molar-refractivity contribution in [1.29, 1.82) is 0 Å². The summed E-state index contributed by atoms with van der Waals surface area (Å²) in [7, 11) is 0. The summed E-state index contributed by atoms with van der Waals surface area (Å²) in [4.78, 5) is 10.7. The number of nitrogens with one attached hydrogen (secondary N) is 1. The fourth-order valence-electron chi connectivity index (χ4n) is 1.54. The third-order valence-electron chi connectivity index (χ3n) is 2.12. The van der Waals surface area contributed by atoms with Gasteiger partial charge in [0.2, 0.25) is 0 Å². The number of hydrogen-bond acceptors (Lipinski definition) is 2. The van der Waals surface area contributed by atoms with Crippen LogP contribution in [-0.4, -0.2) is 17.1 Å². The van der Waals surface area contributed by atoms with E-state index in [0.29, 0.717) is 0 Å². The van der Waals surface area contributed by atoms with Gasteiger partial charge in [0.15, 0.2) is 0 Å². The lowest BCUT2D eigenvalue weighted by atomic mass is 10.0. The Morgan fingerprint density at radius 1 is 1.33 bits per heavy atom. The van der Waals surface area contributed by atoms with Crippen LogP contribution in [0.15, 0.2) is 30.3 Å². The molecule has 0 saturated carbocycles. The lowest BCUT2D eigenvalue weighted by molar-refractivity contribution is -0.137. The van der Waals surface area contributed by atoms with Crippen LogP contribution in [0.25, 0.3) is 0 Å². The molecule has 0 fully saturated rings. The van der Waals surface area contributed by atoms with Crippen molar-refractivity contribution in [2.45, 2.75) is 32.4 Å². The van der Waals surface area contributed by atoms with E-state index in [1.807, 2.05) is 44.2 Å². The molecule has 0 spiro atoms. The van der Waals surface area contributed by atoms with E-state index in [-0.39, 0.29) is 18.5 Å². The molecule has 1 aromatic rings. The minimum atomic E-state index is -0.781. The molecule has 0 aliphatic carbocycles. The standard InChI is InChI=1S/C12H17NO2/c1-9(2)13-11(8-12(14)15)10-6-4-3-5-7-10/h3-7,9,11,13H,8H2,1-2H3,(H,14,15). The predicted octanol–water partition coefficient (Wildman–Crippen LogP) is 2.20. The van der Waals surface area contributed by atoms with Gasteiger partial charge in [-0.25, -0.2) is 0 Å². The average Bonchev–Trinajstić information content (AvgIpc) is 2.17. The Morgan fingerprint density at radius 2 is 1.93 bits per heavy atom. The molecule has 1 rings (SSSR count). The molecule has 0 heterocycles. The third kappa shape index (κ3) is 4.13. The maximum absolute atomic E-state index is 10.7. The van der Waals surface area contributed by atoms with Crippen molar-refractivity contribution in [2.24, 2.45) is 0 Å². The number of carboxylic acids is 1. The zero-order chi connectivity index (χ0) is 11.3. The van der Waals surface area contributed by atoms with E-state index in [0.717, 1.165) is 5.56 Å². The maximum Gasteiger partial charge on any atom is 0.305 e. The number of carbonyl (C=O) groups is 1. The predicted molar refractivity (Wildman–Crippen MR) is 59.7 cm³/mol. The number of rotatable bonds is 5. The van der Waals surface area contributed by atoms with Crippen LogP contribution in [0.4, 0.5) is 0 Å². The Kier molecular flexibility index (Phi) is 4.31. The van der Waals surface area contributed by atoms with E-state index in [9.17, 15) is 4.79 Å². The molecule has 1 atom stereocenters. The zero-order valence-corrected chi connectivity index (χ0v) is 9.10. The highest BCUT2D eigenvalue weighted by atomic mass is 16.4. The molecular weight excluding hydrogens is 190 g/mol. The SMILES string of the molecule is CC(C)NC(CC(=O)O)c1ccccc1. The van der Waals surface area contributed by atoms with E-state index in [1.54, 1.807) is 0 Å². The van der Waals surface area contributed by atoms with Gasteiger partial charge in [0.25, 0.3) is 0 Å². The Hall–Kier alpha value is -1.35. The van der Waals surface area contributed by atoms with Gasteiger partial charge in [-0.2, -0.15) is 0 Å². The van der Waals surface area contributed by atoms with Crippen molar-refractivity contribution in [3.05, 3.63) is 35.9 Å². The Labute approximate surface area is 90.1 Å². The quantitative estimate of drug-likeness (QED) is 0.778. The second kappa shape index (κ2) is 5.51. The molecule has 82 valence electrons. The van der Waals surface area contributed by atoms with Crippen LogP contribution < -0.4 is 5.32 Å². The molecule has 0 aliphatic heterocycles. The molecule has 0 saturated heterocycles. The van der Waals surface area contributed by atoms with Crippen LogP contribution in [-0.2, 0) is 4.79 Å². The summed E-state index contributed by atoms with van der Waals surface area (Å²) in [5.41, 5.74) is 1.02. The molecule has 0 bridgehead atoms. The summed E-state index contributed by atoms with van der Waals surface area (Å²) in [5, 5.41) is 12.1. The van der Waals surface area contributed by atoms with Crippen molar-refractivity contribution in [3.63, 3.8) is 0 Å². The molecule has 3 nitrogen and oxygen atoms in total. The lowest BCUT2D eigenvalue weighted by Gasteiger charge is -2.19. The second-order valence-electron chi connectivity index (χ2n) is 3.88. The number of carboxylic acid groups (broad SMARTS) is 1. The second-order valence-corrected chi connectivity index (χ2v) is 3.88. The normalized spacial score (nSPS) is 12.7. The third-order valence-corrected chi connectivity index (χ3v) is 2.12. The summed E-state index contributed by atoms with van der Waals surface area (Å²) < 4.78 is 0. The van der Waals surface area contributed by atoms with Gasteiger partial charge in [0, 0.05) is 12.1 Å². The topological polar surface area (TPSA) is 49.3 Å². The highest BCUT2D eigenvalue weighted by molar-refractivity contribution is 5.67. The van der Waals surface area contributed by atoms with Crippen LogP contribution in [0.2, 0.25) is 0 Å². The minimum Gasteiger partial charge on any atom is -0.481 e. The molecule has 0 amide bonds. The molecular formula is C12H17NO2. The van der Waals surface area contributed by atoms with Gasteiger partial charge in [-0.3, -0.25) is 4.79 Å². The largest absolute Gasteiger partial charge is 0.481 e. The molecule has 3 heteroatoms. The lowest BCUT2D eigenvalue weighted by Crippen LogP contribution is -2.29. The highest BCUT2D eigenvalue weighted by Crippen LogP contribution is 2.16. The average molecular weight is 207 g/mol. The highest BCUT2D eigenvalue weighted by Gasteiger charge is 2.15. The smallest absolute Gasteiger partial charge is 0.305 e. The van der Waals surface area contributed by atoms with Crippen LogP contribution >= 0.6 is 0 Å². The van der Waals surface area contributed by atoms with E-state index in [1.165, 1.54) is 0 Å². The summed E-state index contributed by atoms with van der Waals surface area (Å²) in [6, 6.07) is 9.83. The van der Waals surface area contributed by atoms with E-state index in [2.05, 4.69) is 5.32 Å². The molecule has 0 aliphatic rings. The zero-order valence-electron chi connectivity index (χ0n) is 9.10. The van der Waals surface area contributed by atoms with Crippen LogP contribution in [0.3, 0.4) is 0 Å². The summed E-state index contributed by atoms with van der Waals surface area (Å²) in [6.45, 7) is 4.02. The van der Waals surface area contributed by atoms with Gasteiger partial charge < -0.3 is 10.4 Å². The molecule has 2 N–H and O–H groups in total. The Balaban J connectivity index is 2.76. The molecule has 1 unspecified atom stereocenters. The summed E-state index contributed by atoms with van der Waals surface area (Å²) in [5.74, 6) is -0.781. The van der Waals surface area contributed by atoms with Gasteiger partial charge in [-0.05, 0) is 5.56 Å². The Morgan fingerprint density at radius 3 is 2.40 bits per heavy atom. The fraction of sp³-hybridized carbons (Fsp3) is 0.417. The molecule has 15 heavy (non-hydrogen) atoms. The number of aliphatic carboxylic acids is 1. The van der Waals surface area contributed by atoms with Crippen LogP contribution in [0.1, 0.15) is 31.9 Å². The first kappa shape index (κ1) is 11.7. The molecule has 0 aromatic heterocycles. The van der Waals surface area contributed by atoms with E-state index >= 15 is 0 Å². The van der Waals surface area contributed by atoms with E-state index in [4.69, 9.17) is 5.11 Å². The van der Waals surface area contributed by atoms with Crippen LogP contribution in [0.5, 0.6) is 0 Å². The first-order valence-electron chi connectivity index (χ1n) is 5.12. The molecule has 0 radical (unpaired) electrons. The first-order valence-corrected chi connectivity index (χ1v) is 5.12. The first-order chi connectivity index (χ1) is 7.09. The molecule has 1 aromatic carbocycles. The van der Waals surface area contributed by atoms with Crippen molar-refractivity contribution < 1.29 is 9.90 Å². The van der Waals surface area contributed by atoms with Crippen molar-refractivity contribution >= 4 is 5.97 Å². The van der Waals surface area contributed by atoms with Gasteiger partial charge in [-0.1, -0.05) is 44.2 Å². The van der Waals surface area contributed by atoms with E-state index < -0.39 is 5.97 Å². The van der Waals surface area contributed by atoms with Crippen molar-refractivity contribution in [2.75, 3.05) is 0 Å². The minimum absolute atomic E-state index is 0.108. The summed E-state index contributed by atoms with van der Waals surface area (Å²) >= 11 is 0. The Bertz CT molecular complexity index is 309. The fourth-order valence-corrected chi connectivity index (χ4v) is 1.54. The van der Waals surface area contributed by atoms with Gasteiger partial charge >= 0.3 is 5.97 Å². The van der Waals surface area contributed by atoms with Gasteiger partial charge in [0.1, 0.15) is 0 Å². The van der Waals surface area contributed by atoms with Crippen molar-refractivity contribution in [3.8, 4) is 0 Å². The number of benzene rings is 1. The number of hydrogen-bond donors (Lipinski definition) is 2.